The molecule has 0 bridgehead atoms. The van der Waals surface area contributed by atoms with Crippen molar-refractivity contribution in [1.29, 1.82) is 0 Å². The fourth-order valence-corrected chi connectivity index (χ4v) is 3.26. The number of carbonyl (C=O) groups is 1. The van der Waals surface area contributed by atoms with Gasteiger partial charge in [0.15, 0.2) is 5.75 Å². The number of anilines is 1. The first-order valence-electron chi connectivity index (χ1n) is 7.91. The Morgan fingerprint density at radius 3 is 2.58 bits per heavy atom. The summed E-state index contributed by atoms with van der Waals surface area (Å²) in [5.74, 6) is 0.795. The van der Waals surface area contributed by atoms with Gasteiger partial charge in [-0.05, 0) is 44.2 Å². The van der Waals surface area contributed by atoms with Crippen molar-refractivity contribution in [2.45, 2.75) is 20.4 Å². The standard InChI is InChI=1S/C19H17ClN2O3S/c1-12-3-6-15(7-4-12)25-17-8-5-14(20)9-16(17)21-18(23)10-22-13(2)11-26-19(22)24/h3-9,11H,10H2,1-2H3,(H,21,23). The summed E-state index contributed by atoms with van der Waals surface area (Å²) < 4.78 is 7.28. The molecule has 7 heteroatoms. The van der Waals surface area contributed by atoms with Crippen molar-refractivity contribution in [3.63, 3.8) is 0 Å². The van der Waals surface area contributed by atoms with Gasteiger partial charge in [0.2, 0.25) is 5.91 Å². The first kappa shape index (κ1) is 18.2. The van der Waals surface area contributed by atoms with E-state index in [4.69, 9.17) is 16.3 Å². The number of hydrogen-bond donors (Lipinski definition) is 1. The van der Waals surface area contributed by atoms with Gasteiger partial charge in [-0.2, -0.15) is 0 Å². The van der Waals surface area contributed by atoms with Gasteiger partial charge in [-0.15, -0.1) is 0 Å². The Hall–Kier alpha value is -2.57. The normalized spacial score (nSPS) is 10.6. The van der Waals surface area contributed by atoms with E-state index < -0.39 is 0 Å². The number of amides is 1. The molecule has 0 fully saturated rings. The molecule has 0 aliphatic rings. The molecule has 1 N–H and O–H groups in total. The van der Waals surface area contributed by atoms with Crippen LogP contribution in [0.2, 0.25) is 5.02 Å². The van der Waals surface area contributed by atoms with Gasteiger partial charge in [0, 0.05) is 16.1 Å². The fourth-order valence-electron chi connectivity index (χ4n) is 2.35. The predicted octanol–water partition coefficient (Wildman–Crippen LogP) is 4.61. The summed E-state index contributed by atoms with van der Waals surface area (Å²) >= 11 is 7.13. The van der Waals surface area contributed by atoms with Crippen LogP contribution < -0.4 is 14.9 Å². The maximum absolute atomic E-state index is 12.4. The molecule has 1 aromatic heterocycles. The van der Waals surface area contributed by atoms with Crippen LogP contribution >= 0.6 is 22.9 Å². The van der Waals surface area contributed by atoms with E-state index in [-0.39, 0.29) is 17.3 Å². The second-order valence-corrected chi connectivity index (χ2v) is 7.09. The van der Waals surface area contributed by atoms with Crippen molar-refractivity contribution in [2.24, 2.45) is 0 Å². The summed E-state index contributed by atoms with van der Waals surface area (Å²) in [5.41, 5.74) is 2.32. The molecule has 0 saturated heterocycles. The minimum Gasteiger partial charge on any atom is -0.455 e. The summed E-state index contributed by atoms with van der Waals surface area (Å²) in [6.45, 7) is 3.72. The number of aryl methyl sites for hydroxylation is 2. The summed E-state index contributed by atoms with van der Waals surface area (Å²) in [7, 11) is 0. The molecule has 2 aromatic carbocycles. The highest BCUT2D eigenvalue weighted by Gasteiger charge is 2.13. The number of carbonyl (C=O) groups excluding carboxylic acids is 1. The van der Waals surface area contributed by atoms with Crippen molar-refractivity contribution in [3.05, 3.63) is 73.8 Å². The molecule has 0 radical (unpaired) electrons. The molecular formula is C19H17ClN2O3S. The van der Waals surface area contributed by atoms with Crippen LogP contribution in [0.15, 0.2) is 52.6 Å². The molecule has 3 aromatic rings. The van der Waals surface area contributed by atoms with Crippen molar-refractivity contribution < 1.29 is 9.53 Å². The minimum atomic E-state index is -0.329. The van der Waals surface area contributed by atoms with Gasteiger partial charge in [-0.25, -0.2) is 0 Å². The van der Waals surface area contributed by atoms with Gasteiger partial charge in [0.25, 0.3) is 0 Å². The maximum atomic E-state index is 12.4. The van der Waals surface area contributed by atoms with Crippen molar-refractivity contribution >= 4 is 34.5 Å². The Bertz CT molecular complexity index is 993. The zero-order valence-electron chi connectivity index (χ0n) is 14.3. The number of hydrogen-bond acceptors (Lipinski definition) is 4. The highest BCUT2D eigenvalue weighted by atomic mass is 35.5. The molecule has 0 unspecified atom stereocenters. The molecule has 3 rings (SSSR count). The fraction of sp³-hybridized carbons (Fsp3) is 0.158. The minimum absolute atomic E-state index is 0.0648. The van der Waals surface area contributed by atoms with Crippen LogP contribution in [0.4, 0.5) is 5.69 Å². The summed E-state index contributed by atoms with van der Waals surface area (Å²) in [5, 5.41) is 4.97. The smallest absolute Gasteiger partial charge is 0.307 e. The van der Waals surface area contributed by atoms with Crippen LogP contribution in [-0.2, 0) is 11.3 Å². The lowest BCUT2D eigenvalue weighted by Gasteiger charge is -2.13. The number of nitrogens with zero attached hydrogens (tertiary/aromatic N) is 1. The second kappa shape index (κ2) is 7.76. The molecule has 0 saturated carbocycles. The SMILES string of the molecule is Cc1ccc(Oc2ccc(Cl)cc2NC(=O)Cn2c(C)csc2=O)cc1. The van der Waals surface area contributed by atoms with Crippen molar-refractivity contribution in [2.75, 3.05) is 5.32 Å². The third kappa shape index (κ3) is 4.33. The molecule has 0 aliphatic carbocycles. The average Bonchev–Trinajstić information content (AvgIpc) is 2.91. The van der Waals surface area contributed by atoms with Crippen LogP contribution in [-0.4, -0.2) is 10.5 Å². The predicted molar refractivity (Wildman–Crippen MR) is 105 cm³/mol. The Kier molecular flexibility index (Phi) is 5.44. The van der Waals surface area contributed by atoms with E-state index in [2.05, 4.69) is 5.32 Å². The van der Waals surface area contributed by atoms with Gasteiger partial charge in [0.05, 0.1) is 5.69 Å². The number of ether oxygens (including phenoxy) is 1. The van der Waals surface area contributed by atoms with E-state index >= 15 is 0 Å². The van der Waals surface area contributed by atoms with Crippen molar-refractivity contribution in [1.82, 2.24) is 4.57 Å². The molecule has 0 atom stereocenters. The van der Waals surface area contributed by atoms with Crippen LogP contribution in [0.25, 0.3) is 0 Å². The summed E-state index contributed by atoms with van der Waals surface area (Å²) in [6, 6.07) is 12.6. The second-order valence-electron chi connectivity index (χ2n) is 5.83. The van der Waals surface area contributed by atoms with E-state index in [0.717, 1.165) is 22.6 Å². The maximum Gasteiger partial charge on any atom is 0.307 e. The first-order chi connectivity index (χ1) is 12.4. The van der Waals surface area contributed by atoms with E-state index in [1.54, 1.807) is 30.5 Å². The topological polar surface area (TPSA) is 60.3 Å². The molecule has 1 heterocycles. The Balaban J connectivity index is 1.80. The number of nitrogens with one attached hydrogen (secondary N) is 1. The highest BCUT2D eigenvalue weighted by Crippen LogP contribution is 2.32. The largest absolute Gasteiger partial charge is 0.455 e. The van der Waals surface area contributed by atoms with Crippen LogP contribution in [0.1, 0.15) is 11.3 Å². The van der Waals surface area contributed by atoms with E-state index in [1.807, 2.05) is 31.2 Å². The van der Waals surface area contributed by atoms with Crippen LogP contribution in [0, 0.1) is 13.8 Å². The molecule has 26 heavy (non-hydrogen) atoms. The number of thiazole rings is 1. The third-order valence-electron chi connectivity index (χ3n) is 3.74. The third-order valence-corrected chi connectivity index (χ3v) is 4.86. The quantitative estimate of drug-likeness (QED) is 0.694. The Morgan fingerprint density at radius 2 is 1.92 bits per heavy atom. The zero-order chi connectivity index (χ0) is 18.7. The Labute approximate surface area is 159 Å². The number of halogens is 1. The van der Waals surface area contributed by atoms with Gasteiger partial charge < -0.3 is 10.1 Å². The number of rotatable bonds is 5. The van der Waals surface area contributed by atoms with Crippen LogP contribution in [0.5, 0.6) is 11.5 Å². The van der Waals surface area contributed by atoms with Crippen molar-refractivity contribution in [3.8, 4) is 11.5 Å². The van der Waals surface area contributed by atoms with E-state index in [0.29, 0.717) is 22.2 Å². The van der Waals surface area contributed by atoms with Crippen LogP contribution in [0.3, 0.4) is 0 Å². The van der Waals surface area contributed by atoms with Gasteiger partial charge in [-0.1, -0.05) is 40.6 Å². The molecule has 134 valence electrons. The zero-order valence-corrected chi connectivity index (χ0v) is 15.9. The molecular weight excluding hydrogens is 372 g/mol. The molecule has 1 amide bonds. The molecule has 0 spiro atoms. The highest BCUT2D eigenvalue weighted by molar-refractivity contribution is 7.07. The average molecular weight is 389 g/mol. The van der Waals surface area contributed by atoms with Gasteiger partial charge in [-0.3, -0.25) is 14.2 Å². The van der Waals surface area contributed by atoms with E-state index in [1.165, 1.54) is 4.57 Å². The molecule has 5 nitrogen and oxygen atoms in total. The van der Waals surface area contributed by atoms with Gasteiger partial charge in [0.1, 0.15) is 12.3 Å². The number of aromatic nitrogens is 1. The van der Waals surface area contributed by atoms with E-state index in [9.17, 15) is 9.59 Å². The first-order valence-corrected chi connectivity index (χ1v) is 9.17. The number of benzene rings is 2. The molecule has 0 aliphatic heterocycles. The summed E-state index contributed by atoms with van der Waals surface area (Å²) in [6.07, 6.45) is 0. The lowest BCUT2D eigenvalue weighted by Crippen LogP contribution is -2.25. The summed E-state index contributed by atoms with van der Waals surface area (Å²) in [4.78, 5) is 24.0. The lowest BCUT2D eigenvalue weighted by atomic mass is 10.2. The lowest BCUT2D eigenvalue weighted by molar-refractivity contribution is -0.116. The Morgan fingerprint density at radius 1 is 1.19 bits per heavy atom. The van der Waals surface area contributed by atoms with Gasteiger partial charge >= 0.3 is 4.87 Å². The monoisotopic (exact) mass is 388 g/mol.